The number of methoxy groups -OCH3 is 1. The maximum Gasteiger partial charge on any atom is 0.256 e. The van der Waals surface area contributed by atoms with Gasteiger partial charge in [0.05, 0.1) is 12.2 Å². The summed E-state index contributed by atoms with van der Waals surface area (Å²) < 4.78 is 11.1. The average Bonchev–Trinajstić information content (AvgIpc) is 2.61. The number of nitriles is 1. The number of hydrogen-bond donors (Lipinski definition) is 1. The van der Waals surface area contributed by atoms with E-state index in [9.17, 15) is 10.1 Å². The molecule has 0 saturated heterocycles. The van der Waals surface area contributed by atoms with Crippen molar-refractivity contribution < 1.29 is 14.3 Å². The van der Waals surface area contributed by atoms with Gasteiger partial charge >= 0.3 is 0 Å². The Morgan fingerprint density at radius 1 is 1.42 bits per heavy atom. The van der Waals surface area contributed by atoms with Gasteiger partial charge in [-0.2, -0.15) is 5.26 Å². The predicted octanol–water partition coefficient (Wildman–Crippen LogP) is 3.88. The van der Waals surface area contributed by atoms with Crippen LogP contribution in [-0.2, 0) is 9.53 Å². The second kappa shape index (κ2) is 8.16. The summed E-state index contributed by atoms with van der Waals surface area (Å²) in [5.41, 5.74) is 0.247. The van der Waals surface area contributed by atoms with Crippen LogP contribution >= 0.6 is 0 Å². The zero-order chi connectivity index (χ0) is 17.6. The van der Waals surface area contributed by atoms with Crippen molar-refractivity contribution in [2.45, 2.75) is 51.6 Å². The van der Waals surface area contributed by atoms with Gasteiger partial charge < -0.3 is 14.8 Å². The molecule has 1 aromatic carbocycles. The van der Waals surface area contributed by atoms with E-state index < -0.39 is 5.60 Å². The number of ether oxygens (including phenoxy) is 2. The quantitative estimate of drug-likeness (QED) is 0.859. The second-order valence-electron chi connectivity index (χ2n) is 6.51. The van der Waals surface area contributed by atoms with Crippen molar-refractivity contribution in [1.29, 1.82) is 5.26 Å². The third kappa shape index (κ3) is 4.07. The van der Waals surface area contributed by atoms with Crippen LogP contribution in [0, 0.1) is 17.2 Å². The fraction of sp³-hybridized carbons (Fsp3) is 0.579. The molecule has 0 aromatic heterocycles. The molecule has 0 radical (unpaired) electrons. The van der Waals surface area contributed by atoms with E-state index in [1.54, 1.807) is 25.3 Å². The molecule has 1 fully saturated rings. The van der Waals surface area contributed by atoms with Crippen LogP contribution in [0.1, 0.15) is 51.5 Å². The number of benzene rings is 1. The van der Waals surface area contributed by atoms with Gasteiger partial charge in [-0.15, -0.1) is 0 Å². The van der Waals surface area contributed by atoms with Crippen LogP contribution in [0.5, 0.6) is 5.75 Å². The Kier molecular flexibility index (Phi) is 6.22. The van der Waals surface area contributed by atoms with Gasteiger partial charge in [-0.25, -0.2) is 0 Å². The maximum atomic E-state index is 12.7. The van der Waals surface area contributed by atoms with Gasteiger partial charge in [-0.05, 0) is 56.2 Å². The van der Waals surface area contributed by atoms with E-state index in [-0.39, 0.29) is 5.91 Å². The minimum Gasteiger partial charge on any atom is -0.492 e. The van der Waals surface area contributed by atoms with Gasteiger partial charge in [0.25, 0.3) is 5.91 Å². The molecule has 0 atom stereocenters. The molecule has 0 bridgehead atoms. The molecule has 1 N–H and O–H groups in total. The van der Waals surface area contributed by atoms with Crippen LogP contribution in [0.3, 0.4) is 0 Å². The average molecular weight is 330 g/mol. The summed E-state index contributed by atoms with van der Waals surface area (Å²) in [6.45, 7) is 4.77. The lowest BCUT2D eigenvalue weighted by atomic mass is 9.79. The Morgan fingerprint density at radius 2 is 2.12 bits per heavy atom. The van der Waals surface area contributed by atoms with Crippen LogP contribution in [0.25, 0.3) is 0 Å². The van der Waals surface area contributed by atoms with Gasteiger partial charge in [0, 0.05) is 12.8 Å². The molecule has 1 aliphatic rings. The van der Waals surface area contributed by atoms with Gasteiger partial charge in [0.2, 0.25) is 0 Å². The highest BCUT2D eigenvalue weighted by Crippen LogP contribution is 2.35. The third-order valence-electron chi connectivity index (χ3n) is 4.71. The first kappa shape index (κ1) is 18.3. The smallest absolute Gasteiger partial charge is 0.256 e. The SMILES string of the molecule is CCCOc1ccc(NC(=O)C2(OC)CCC(C)CC2)cc1C#N. The first-order valence-electron chi connectivity index (χ1n) is 8.58. The molecule has 24 heavy (non-hydrogen) atoms. The Bertz CT molecular complexity index is 614. The van der Waals surface area contributed by atoms with Gasteiger partial charge in [0.15, 0.2) is 0 Å². The summed E-state index contributed by atoms with van der Waals surface area (Å²) in [6.07, 6.45) is 4.28. The standard InChI is InChI=1S/C19H26N2O3/c1-4-11-24-17-6-5-16(12-15(17)13-20)21-18(22)19(23-3)9-7-14(2)8-10-19/h5-6,12,14H,4,7-11H2,1-3H3,(H,21,22). The highest BCUT2D eigenvalue weighted by atomic mass is 16.5. The van der Waals surface area contributed by atoms with Crippen LogP contribution in [-0.4, -0.2) is 25.2 Å². The minimum atomic E-state index is -0.767. The fourth-order valence-electron chi connectivity index (χ4n) is 3.03. The zero-order valence-electron chi connectivity index (χ0n) is 14.7. The van der Waals surface area contributed by atoms with Gasteiger partial charge in [-0.3, -0.25) is 4.79 Å². The largest absolute Gasteiger partial charge is 0.492 e. The predicted molar refractivity (Wildman–Crippen MR) is 92.9 cm³/mol. The van der Waals surface area contributed by atoms with E-state index in [0.717, 1.165) is 32.1 Å². The molecule has 1 aliphatic carbocycles. The molecular weight excluding hydrogens is 304 g/mol. The Morgan fingerprint density at radius 3 is 2.71 bits per heavy atom. The summed E-state index contributed by atoms with van der Waals surface area (Å²) in [7, 11) is 1.60. The first-order chi connectivity index (χ1) is 11.5. The number of amides is 1. The van der Waals surface area contributed by atoms with Gasteiger partial charge in [0.1, 0.15) is 17.4 Å². The summed E-state index contributed by atoms with van der Waals surface area (Å²) in [4.78, 5) is 12.7. The summed E-state index contributed by atoms with van der Waals surface area (Å²) >= 11 is 0. The first-order valence-corrected chi connectivity index (χ1v) is 8.58. The van der Waals surface area contributed by atoms with Crippen LogP contribution in [0.2, 0.25) is 0 Å². The number of hydrogen-bond acceptors (Lipinski definition) is 4. The second-order valence-corrected chi connectivity index (χ2v) is 6.51. The lowest BCUT2D eigenvalue weighted by molar-refractivity contribution is -0.142. The van der Waals surface area contributed by atoms with Crippen LogP contribution < -0.4 is 10.1 Å². The summed E-state index contributed by atoms with van der Waals surface area (Å²) in [5.74, 6) is 1.04. The number of carbonyl (C=O) groups excluding carboxylic acids is 1. The molecule has 5 nitrogen and oxygen atoms in total. The lowest BCUT2D eigenvalue weighted by Crippen LogP contribution is -2.47. The van der Waals surface area contributed by atoms with Crippen molar-refractivity contribution in [2.24, 2.45) is 5.92 Å². The number of anilines is 1. The third-order valence-corrected chi connectivity index (χ3v) is 4.71. The number of nitrogens with zero attached hydrogens (tertiary/aromatic N) is 1. The molecule has 5 heteroatoms. The highest BCUT2D eigenvalue weighted by molar-refractivity contribution is 5.97. The van der Waals surface area contributed by atoms with E-state index in [2.05, 4.69) is 18.3 Å². The molecule has 0 unspecified atom stereocenters. The summed E-state index contributed by atoms with van der Waals surface area (Å²) in [5, 5.41) is 12.2. The van der Waals surface area contributed by atoms with E-state index in [0.29, 0.717) is 29.5 Å². The lowest BCUT2D eigenvalue weighted by Gasteiger charge is -2.36. The number of nitrogens with one attached hydrogen (secondary N) is 1. The molecule has 0 aliphatic heterocycles. The van der Waals surface area contributed by atoms with Crippen molar-refractivity contribution >= 4 is 11.6 Å². The number of carbonyl (C=O) groups is 1. The monoisotopic (exact) mass is 330 g/mol. The summed E-state index contributed by atoms with van der Waals surface area (Å²) in [6, 6.07) is 7.26. The highest BCUT2D eigenvalue weighted by Gasteiger charge is 2.41. The van der Waals surface area contributed by atoms with Crippen molar-refractivity contribution in [3.63, 3.8) is 0 Å². The van der Waals surface area contributed by atoms with Crippen molar-refractivity contribution in [3.05, 3.63) is 23.8 Å². The normalized spacial score (nSPS) is 23.3. The van der Waals surface area contributed by atoms with E-state index in [1.165, 1.54) is 0 Å². The van der Waals surface area contributed by atoms with Crippen molar-refractivity contribution in [1.82, 2.24) is 0 Å². The van der Waals surface area contributed by atoms with E-state index in [1.807, 2.05) is 6.92 Å². The zero-order valence-corrected chi connectivity index (χ0v) is 14.7. The fourth-order valence-corrected chi connectivity index (χ4v) is 3.03. The minimum absolute atomic E-state index is 0.136. The van der Waals surface area contributed by atoms with E-state index >= 15 is 0 Å². The Balaban J connectivity index is 2.12. The molecule has 130 valence electrons. The van der Waals surface area contributed by atoms with Crippen LogP contribution in [0.4, 0.5) is 5.69 Å². The maximum absolute atomic E-state index is 12.7. The van der Waals surface area contributed by atoms with Crippen molar-refractivity contribution in [2.75, 3.05) is 19.0 Å². The van der Waals surface area contributed by atoms with Gasteiger partial charge in [-0.1, -0.05) is 13.8 Å². The van der Waals surface area contributed by atoms with Crippen molar-refractivity contribution in [3.8, 4) is 11.8 Å². The molecule has 0 spiro atoms. The Hall–Kier alpha value is -2.06. The molecular formula is C19H26N2O3. The molecule has 1 saturated carbocycles. The molecule has 2 rings (SSSR count). The van der Waals surface area contributed by atoms with E-state index in [4.69, 9.17) is 9.47 Å². The molecule has 0 heterocycles. The Labute approximate surface area is 144 Å². The molecule has 1 aromatic rings. The number of rotatable bonds is 6. The molecule has 1 amide bonds. The topological polar surface area (TPSA) is 71.3 Å². The van der Waals surface area contributed by atoms with Crippen LogP contribution in [0.15, 0.2) is 18.2 Å².